The highest BCUT2D eigenvalue weighted by molar-refractivity contribution is 7.98. The first-order valence-corrected chi connectivity index (χ1v) is 11.5. The molecular weight excluding hydrogens is 376 g/mol. The minimum Gasteiger partial charge on any atom is -0.331 e. The molecule has 0 radical (unpaired) electrons. The van der Waals surface area contributed by atoms with Gasteiger partial charge in [0.1, 0.15) is 0 Å². The Morgan fingerprint density at radius 1 is 1.15 bits per heavy atom. The highest BCUT2D eigenvalue weighted by Gasteiger charge is 2.39. The molecule has 1 aliphatic heterocycles. The average molecular weight is 401 g/mol. The van der Waals surface area contributed by atoms with E-state index >= 15 is 0 Å². The van der Waals surface area contributed by atoms with Crippen molar-refractivity contribution in [2.45, 2.75) is 48.8 Å². The predicted octanol–water partition coefficient (Wildman–Crippen LogP) is 4.77. The van der Waals surface area contributed by atoms with Crippen molar-refractivity contribution in [1.82, 2.24) is 4.90 Å². The summed E-state index contributed by atoms with van der Waals surface area (Å²) in [6.45, 7) is 0.710. The summed E-state index contributed by atoms with van der Waals surface area (Å²) < 4.78 is 0. The lowest BCUT2D eigenvalue weighted by Crippen LogP contribution is -2.50. The monoisotopic (exact) mass is 400 g/mol. The van der Waals surface area contributed by atoms with E-state index in [1.807, 2.05) is 29.2 Å². The van der Waals surface area contributed by atoms with Gasteiger partial charge in [-0.05, 0) is 66.1 Å². The molecule has 6 heteroatoms. The Bertz CT molecular complexity index is 806. The van der Waals surface area contributed by atoms with Crippen LogP contribution in [0.5, 0.6) is 0 Å². The molecule has 0 bridgehead atoms. The number of nitrogens with one attached hydrogen (secondary N) is 1. The van der Waals surface area contributed by atoms with Crippen LogP contribution in [0.1, 0.15) is 37.7 Å². The quantitative estimate of drug-likeness (QED) is 0.594. The highest BCUT2D eigenvalue weighted by Crippen LogP contribution is 2.37. The Morgan fingerprint density at radius 2 is 2.00 bits per heavy atom. The number of nitrogens with zero attached hydrogens (tertiary/aromatic N) is 1. The summed E-state index contributed by atoms with van der Waals surface area (Å²) in [4.78, 5) is 28.3. The van der Waals surface area contributed by atoms with Gasteiger partial charge in [0, 0.05) is 23.2 Å². The van der Waals surface area contributed by atoms with Gasteiger partial charge in [0.2, 0.25) is 0 Å². The molecule has 1 aromatic heterocycles. The van der Waals surface area contributed by atoms with Gasteiger partial charge in [-0.1, -0.05) is 18.6 Å². The molecule has 4 rings (SSSR count). The first kappa shape index (κ1) is 18.6. The number of thioether (sulfide) groups is 1. The van der Waals surface area contributed by atoms with Gasteiger partial charge in [-0.15, -0.1) is 11.8 Å². The zero-order chi connectivity index (χ0) is 18.6. The third kappa shape index (κ3) is 4.22. The van der Waals surface area contributed by atoms with Crippen molar-refractivity contribution in [2.24, 2.45) is 5.92 Å². The Kier molecular flexibility index (Phi) is 5.83. The Labute approximate surface area is 168 Å². The second kappa shape index (κ2) is 8.48. The Morgan fingerprint density at radius 3 is 2.85 bits per heavy atom. The standard InChI is InChI=1S/C21H24N2O2S2/c24-20(21(25)23-11-4-6-16-5-3-8-18(16)23)22-17-7-1-2-9-19(17)27-14-15-10-12-26-13-15/h1-2,7,9-10,12-13,16,18H,3-6,8,11,14H2,(H,22,24)/t16-,18-/m1/s1. The van der Waals surface area contributed by atoms with Crippen molar-refractivity contribution >= 4 is 40.6 Å². The molecular formula is C21H24N2O2S2. The van der Waals surface area contributed by atoms with Crippen molar-refractivity contribution in [1.29, 1.82) is 0 Å². The molecule has 1 aliphatic carbocycles. The molecule has 2 atom stereocenters. The molecule has 0 spiro atoms. The van der Waals surface area contributed by atoms with Gasteiger partial charge in [0.25, 0.3) is 0 Å². The second-order valence-electron chi connectivity index (χ2n) is 7.27. The molecule has 1 aromatic carbocycles. The van der Waals surface area contributed by atoms with Crippen LogP contribution in [0.25, 0.3) is 0 Å². The van der Waals surface area contributed by atoms with Gasteiger partial charge in [0.05, 0.1) is 5.69 Å². The normalized spacial score (nSPS) is 21.7. The number of anilines is 1. The average Bonchev–Trinajstić information content (AvgIpc) is 3.38. The largest absolute Gasteiger partial charge is 0.331 e. The smallest absolute Gasteiger partial charge is 0.313 e. The van der Waals surface area contributed by atoms with Crippen LogP contribution in [-0.4, -0.2) is 29.3 Å². The topological polar surface area (TPSA) is 49.4 Å². The summed E-state index contributed by atoms with van der Waals surface area (Å²) in [6.07, 6.45) is 5.60. The summed E-state index contributed by atoms with van der Waals surface area (Å²) in [6, 6.07) is 10.1. The number of benzene rings is 1. The predicted molar refractivity (Wildman–Crippen MR) is 111 cm³/mol. The number of amides is 2. The van der Waals surface area contributed by atoms with E-state index in [9.17, 15) is 9.59 Å². The van der Waals surface area contributed by atoms with Crippen LogP contribution in [0, 0.1) is 5.92 Å². The van der Waals surface area contributed by atoms with E-state index in [4.69, 9.17) is 0 Å². The van der Waals surface area contributed by atoms with Gasteiger partial charge < -0.3 is 10.2 Å². The maximum Gasteiger partial charge on any atom is 0.313 e. The number of thiophene rings is 1. The van der Waals surface area contributed by atoms with Crippen molar-refractivity contribution < 1.29 is 9.59 Å². The van der Waals surface area contributed by atoms with Crippen molar-refractivity contribution in [3.63, 3.8) is 0 Å². The van der Waals surface area contributed by atoms with E-state index in [0.29, 0.717) is 12.5 Å². The molecule has 0 unspecified atom stereocenters. The number of likely N-dealkylation sites (tertiary alicyclic amines) is 1. The van der Waals surface area contributed by atoms with Crippen LogP contribution < -0.4 is 5.32 Å². The first-order chi connectivity index (χ1) is 13.2. The lowest BCUT2D eigenvalue weighted by molar-refractivity contribution is -0.146. The minimum absolute atomic E-state index is 0.264. The number of hydrogen-bond donors (Lipinski definition) is 1. The van der Waals surface area contributed by atoms with Crippen LogP contribution in [0.15, 0.2) is 46.0 Å². The second-order valence-corrected chi connectivity index (χ2v) is 9.07. The van der Waals surface area contributed by atoms with E-state index in [1.165, 1.54) is 24.8 Å². The van der Waals surface area contributed by atoms with E-state index in [-0.39, 0.29) is 11.9 Å². The highest BCUT2D eigenvalue weighted by atomic mass is 32.2. The zero-order valence-corrected chi connectivity index (χ0v) is 16.9. The van der Waals surface area contributed by atoms with Crippen molar-refractivity contribution in [2.75, 3.05) is 11.9 Å². The molecule has 2 fully saturated rings. The van der Waals surface area contributed by atoms with Crippen LogP contribution in [-0.2, 0) is 15.3 Å². The van der Waals surface area contributed by atoms with Gasteiger partial charge >= 0.3 is 11.8 Å². The number of hydrogen-bond acceptors (Lipinski definition) is 4. The number of carbonyl (C=O) groups is 2. The lowest BCUT2D eigenvalue weighted by atomic mass is 9.92. The number of piperidine rings is 1. The molecule has 1 saturated heterocycles. The van der Waals surface area contributed by atoms with E-state index in [1.54, 1.807) is 23.1 Å². The molecule has 2 heterocycles. The molecule has 2 aliphatic rings. The molecule has 142 valence electrons. The fourth-order valence-electron chi connectivity index (χ4n) is 4.24. The Hall–Kier alpha value is -1.79. The minimum atomic E-state index is -0.508. The maximum absolute atomic E-state index is 12.8. The number of rotatable bonds is 4. The molecule has 2 aromatic rings. The summed E-state index contributed by atoms with van der Waals surface area (Å²) in [7, 11) is 0. The first-order valence-electron chi connectivity index (χ1n) is 9.57. The fourth-order valence-corrected chi connectivity index (χ4v) is 5.97. The fraction of sp³-hybridized carbons (Fsp3) is 0.429. The summed E-state index contributed by atoms with van der Waals surface area (Å²) in [5, 5.41) is 7.07. The number of fused-ring (bicyclic) bond motifs is 1. The van der Waals surface area contributed by atoms with Crippen LogP contribution in [0.2, 0.25) is 0 Å². The Balaban J connectivity index is 1.42. The molecule has 2 amide bonds. The molecule has 27 heavy (non-hydrogen) atoms. The van der Waals surface area contributed by atoms with Crippen LogP contribution in [0.4, 0.5) is 5.69 Å². The number of carbonyl (C=O) groups excluding carboxylic acids is 2. The van der Waals surface area contributed by atoms with E-state index < -0.39 is 5.91 Å². The molecule has 1 saturated carbocycles. The third-order valence-electron chi connectivity index (χ3n) is 5.56. The summed E-state index contributed by atoms with van der Waals surface area (Å²) in [5.41, 5.74) is 1.99. The van der Waals surface area contributed by atoms with Gasteiger partial charge in [-0.25, -0.2) is 0 Å². The van der Waals surface area contributed by atoms with Crippen molar-refractivity contribution in [3.8, 4) is 0 Å². The van der Waals surface area contributed by atoms with Crippen LogP contribution >= 0.6 is 23.1 Å². The molecule has 4 nitrogen and oxygen atoms in total. The number of para-hydroxylation sites is 1. The third-order valence-corrected chi connectivity index (χ3v) is 7.43. The maximum atomic E-state index is 12.8. The molecule has 1 N–H and O–H groups in total. The summed E-state index contributed by atoms with van der Waals surface area (Å²) in [5.74, 6) is 0.555. The summed E-state index contributed by atoms with van der Waals surface area (Å²) >= 11 is 3.36. The van der Waals surface area contributed by atoms with E-state index in [2.05, 4.69) is 22.1 Å². The van der Waals surface area contributed by atoms with Gasteiger partial charge in [-0.3, -0.25) is 9.59 Å². The van der Waals surface area contributed by atoms with Gasteiger partial charge in [-0.2, -0.15) is 11.3 Å². The van der Waals surface area contributed by atoms with Crippen molar-refractivity contribution in [3.05, 3.63) is 46.7 Å². The van der Waals surface area contributed by atoms with E-state index in [0.717, 1.165) is 29.2 Å². The lowest BCUT2D eigenvalue weighted by Gasteiger charge is -2.37. The van der Waals surface area contributed by atoms with Crippen LogP contribution in [0.3, 0.4) is 0 Å². The zero-order valence-electron chi connectivity index (χ0n) is 15.2. The SMILES string of the molecule is O=C(Nc1ccccc1SCc1ccsc1)C(=O)N1CCC[C@H]2CCC[C@H]21. The van der Waals surface area contributed by atoms with Gasteiger partial charge in [0.15, 0.2) is 0 Å².